The standard InChI is InChI=1S/C16H22N4O2.ClH/c1-3-8-17-9-10-18-15(21)11-14-12-6-4-5-7-13(12)16(22)20(2)19-14;/h4-7,17H,3,8-11H2,1-2H3,(H,18,21);1H. The topological polar surface area (TPSA) is 76.0 Å². The average molecular weight is 339 g/mol. The van der Waals surface area contributed by atoms with Gasteiger partial charge in [0.25, 0.3) is 5.56 Å². The lowest BCUT2D eigenvalue weighted by Crippen LogP contribution is -2.33. The summed E-state index contributed by atoms with van der Waals surface area (Å²) < 4.78 is 1.29. The van der Waals surface area contributed by atoms with Gasteiger partial charge in [-0.3, -0.25) is 9.59 Å². The van der Waals surface area contributed by atoms with Crippen LogP contribution in [0.25, 0.3) is 10.8 Å². The predicted molar refractivity (Wildman–Crippen MR) is 94.1 cm³/mol. The second kappa shape index (κ2) is 9.27. The van der Waals surface area contributed by atoms with E-state index in [9.17, 15) is 9.59 Å². The van der Waals surface area contributed by atoms with Crippen molar-refractivity contribution in [3.05, 3.63) is 40.3 Å². The normalized spacial score (nSPS) is 10.3. The summed E-state index contributed by atoms with van der Waals surface area (Å²) in [6.07, 6.45) is 1.24. The molecule has 0 radical (unpaired) electrons. The molecule has 126 valence electrons. The highest BCUT2D eigenvalue weighted by molar-refractivity contribution is 5.88. The number of nitrogens with one attached hydrogen (secondary N) is 2. The molecule has 0 fully saturated rings. The second-order valence-corrected chi connectivity index (χ2v) is 5.20. The van der Waals surface area contributed by atoms with Gasteiger partial charge in [-0.25, -0.2) is 4.68 Å². The van der Waals surface area contributed by atoms with Gasteiger partial charge in [0.15, 0.2) is 0 Å². The van der Waals surface area contributed by atoms with Crippen molar-refractivity contribution in [1.29, 1.82) is 0 Å². The number of amides is 1. The van der Waals surface area contributed by atoms with E-state index in [1.165, 1.54) is 4.68 Å². The van der Waals surface area contributed by atoms with Crippen LogP contribution in [0.2, 0.25) is 0 Å². The lowest BCUT2D eigenvalue weighted by molar-refractivity contribution is -0.120. The Hall–Kier alpha value is -1.92. The highest BCUT2D eigenvalue weighted by atomic mass is 35.5. The van der Waals surface area contributed by atoms with Crippen LogP contribution in [0.4, 0.5) is 0 Å². The summed E-state index contributed by atoms with van der Waals surface area (Å²) in [6.45, 7) is 4.38. The van der Waals surface area contributed by atoms with E-state index in [1.54, 1.807) is 13.1 Å². The summed E-state index contributed by atoms with van der Waals surface area (Å²) in [7, 11) is 1.60. The molecule has 2 rings (SSSR count). The van der Waals surface area contributed by atoms with Crippen molar-refractivity contribution < 1.29 is 4.79 Å². The number of carbonyl (C=O) groups excluding carboxylic acids is 1. The molecule has 1 amide bonds. The SMILES string of the molecule is CCCNCCNC(=O)Cc1nn(C)c(=O)c2ccccc12.Cl. The molecule has 23 heavy (non-hydrogen) atoms. The maximum Gasteiger partial charge on any atom is 0.274 e. The number of fused-ring (bicyclic) bond motifs is 1. The van der Waals surface area contributed by atoms with E-state index in [2.05, 4.69) is 22.7 Å². The van der Waals surface area contributed by atoms with E-state index in [0.717, 1.165) is 24.9 Å². The van der Waals surface area contributed by atoms with Crippen LogP contribution in [0.1, 0.15) is 19.0 Å². The maximum atomic E-state index is 12.0. The number of hydrogen-bond donors (Lipinski definition) is 2. The monoisotopic (exact) mass is 338 g/mol. The first-order valence-electron chi connectivity index (χ1n) is 7.55. The van der Waals surface area contributed by atoms with Gasteiger partial charge in [0.2, 0.25) is 5.91 Å². The molecule has 0 bridgehead atoms. The fraction of sp³-hybridized carbons (Fsp3) is 0.438. The minimum atomic E-state index is -0.150. The summed E-state index contributed by atoms with van der Waals surface area (Å²) in [5.41, 5.74) is 0.472. The maximum absolute atomic E-state index is 12.0. The molecule has 7 heteroatoms. The van der Waals surface area contributed by atoms with Crippen LogP contribution in [0.5, 0.6) is 0 Å². The van der Waals surface area contributed by atoms with E-state index in [4.69, 9.17) is 0 Å². The van der Waals surface area contributed by atoms with Crippen LogP contribution in [0, 0.1) is 0 Å². The van der Waals surface area contributed by atoms with Gasteiger partial charge in [0.05, 0.1) is 17.5 Å². The molecular formula is C16H23ClN4O2. The molecule has 1 aromatic carbocycles. The quantitative estimate of drug-likeness (QED) is 0.739. The Bertz CT molecular complexity index is 715. The van der Waals surface area contributed by atoms with Gasteiger partial charge in [-0.2, -0.15) is 5.10 Å². The number of carbonyl (C=O) groups is 1. The van der Waals surface area contributed by atoms with Gasteiger partial charge in [0, 0.05) is 25.5 Å². The number of rotatable bonds is 7. The van der Waals surface area contributed by atoms with E-state index in [0.29, 0.717) is 17.6 Å². The highest BCUT2D eigenvalue weighted by Crippen LogP contribution is 2.13. The molecule has 1 heterocycles. The van der Waals surface area contributed by atoms with E-state index in [1.807, 2.05) is 18.2 Å². The van der Waals surface area contributed by atoms with E-state index < -0.39 is 0 Å². The molecule has 0 saturated heterocycles. The summed E-state index contributed by atoms with van der Waals surface area (Å²) in [5, 5.41) is 11.6. The Morgan fingerprint density at radius 3 is 2.57 bits per heavy atom. The van der Waals surface area contributed by atoms with Crippen LogP contribution in [-0.2, 0) is 18.3 Å². The van der Waals surface area contributed by atoms with Crippen molar-refractivity contribution in [3.8, 4) is 0 Å². The fourth-order valence-corrected chi connectivity index (χ4v) is 2.31. The summed E-state index contributed by atoms with van der Waals surface area (Å²) in [4.78, 5) is 24.0. The molecule has 2 N–H and O–H groups in total. The third kappa shape index (κ3) is 5.04. The van der Waals surface area contributed by atoms with Crippen molar-refractivity contribution in [3.63, 3.8) is 0 Å². The molecule has 0 aliphatic rings. The molecular weight excluding hydrogens is 316 g/mol. The number of aryl methyl sites for hydroxylation is 1. The number of halogens is 1. The Labute approximate surface area is 141 Å². The molecule has 0 aliphatic carbocycles. The lowest BCUT2D eigenvalue weighted by atomic mass is 10.1. The van der Waals surface area contributed by atoms with Gasteiger partial charge < -0.3 is 10.6 Å². The van der Waals surface area contributed by atoms with Crippen molar-refractivity contribution >= 4 is 29.1 Å². The minimum Gasteiger partial charge on any atom is -0.354 e. The Kier molecular flexibility index (Phi) is 7.71. The van der Waals surface area contributed by atoms with E-state index >= 15 is 0 Å². The number of hydrogen-bond acceptors (Lipinski definition) is 4. The third-order valence-electron chi connectivity index (χ3n) is 3.41. The number of benzene rings is 1. The first kappa shape index (κ1) is 19.1. The second-order valence-electron chi connectivity index (χ2n) is 5.20. The van der Waals surface area contributed by atoms with Crippen molar-refractivity contribution in [2.75, 3.05) is 19.6 Å². The smallest absolute Gasteiger partial charge is 0.274 e. The molecule has 6 nitrogen and oxygen atoms in total. The first-order valence-corrected chi connectivity index (χ1v) is 7.55. The third-order valence-corrected chi connectivity index (χ3v) is 3.41. The van der Waals surface area contributed by atoms with Crippen molar-refractivity contribution in [1.82, 2.24) is 20.4 Å². The molecule has 0 unspecified atom stereocenters. The predicted octanol–water partition coefficient (Wildman–Crippen LogP) is 1.01. The number of aromatic nitrogens is 2. The van der Waals surface area contributed by atoms with Crippen LogP contribution in [-0.4, -0.2) is 35.3 Å². The fourth-order valence-electron chi connectivity index (χ4n) is 2.31. The van der Waals surface area contributed by atoms with Gasteiger partial charge in [-0.1, -0.05) is 25.1 Å². The van der Waals surface area contributed by atoms with Gasteiger partial charge in [0.1, 0.15) is 0 Å². The molecule has 0 aliphatic heterocycles. The van der Waals surface area contributed by atoms with E-state index in [-0.39, 0.29) is 30.3 Å². The lowest BCUT2D eigenvalue weighted by Gasteiger charge is -2.09. The van der Waals surface area contributed by atoms with Gasteiger partial charge in [-0.15, -0.1) is 12.4 Å². The first-order chi connectivity index (χ1) is 10.6. The highest BCUT2D eigenvalue weighted by Gasteiger charge is 2.11. The zero-order valence-electron chi connectivity index (χ0n) is 13.5. The van der Waals surface area contributed by atoms with Crippen molar-refractivity contribution in [2.45, 2.75) is 19.8 Å². The zero-order valence-corrected chi connectivity index (χ0v) is 14.3. The zero-order chi connectivity index (χ0) is 15.9. The summed E-state index contributed by atoms with van der Waals surface area (Å²) in [5.74, 6) is -0.0883. The van der Waals surface area contributed by atoms with Crippen LogP contribution < -0.4 is 16.2 Å². The van der Waals surface area contributed by atoms with Gasteiger partial charge in [-0.05, 0) is 19.0 Å². The Morgan fingerprint density at radius 2 is 1.87 bits per heavy atom. The average Bonchev–Trinajstić information content (AvgIpc) is 2.52. The Balaban J connectivity index is 0.00000264. The molecule has 0 saturated carbocycles. The van der Waals surface area contributed by atoms with Gasteiger partial charge >= 0.3 is 0 Å². The molecule has 2 aromatic rings. The van der Waals surface area contributed by atoms with Crippen LogP contribution in [0.15, 0.2) is 29.1 Å². The Morgan fingerprint density at radius 1 is 1.17 bits per heavy atom. The van der Waals surface area contributed by atoms with Crippen LogP contribution in [0.3, 0.4) is 0 Å². The largest absolute Gasteiger partial charge is 0.354 e. The van der Waals surface area contributed by atoms with Crippen molar-refractivity contribution in [2.24, 2.45) is 7.05 Å². The number of nitrogens with zero attached hydrogens (tertiary/aromatic N) is 2. The molecule has 1 aromatic heterocycles. The summed E-state index contributed by atoms with van der Waals surface area (Å²) in [6, 6.07) is 7.25. The summed E-state index contributed by atoms with van der Waals surface area (Å²) >= 11 is 0. The van der Waals surface area contributed by atoms with Crippen LogP contribution >= 0.6 is 12.4 Å². The molecule has 0 spiro atoms. The molecule has 0 atom stereocenters. The minimum absolute atomic E-state index is 0.